The van der Waals surface area contributed by atoms with Crippen molar-refractivity contribution in [1.29, 1.82) is 0 Å². The molecule has 0 atom stereocenters. The summed E-state index contributed by atoms with van der Waals surface area (Å²) in [5, 5.41) is 2.50. The molecule has 4 heteroatoms. The quantitative estimate of drug-likeness (QED) is 0.641. The molecule has 0 spiro atoms. The Balaban J connectivity index is 3.42. The summed E-state index contributed by atoms with van der Waals surface area (Å²) in [6.07, 6.45) is -3.01. The van der Waals surface area contributed by atoms with Gasteiger partial charge in [-0.2, -0.15) is 8.78 Å². The largest absolute Gasteiger partial charge is 0.368 e. The first-order chi connectivity index (χ1) is 4.62. The maximum absolute atomic E-state index is 12.3. The van der Waals surface area contributed by atoms with Crippen LogP contribution in [-0.2, 0) is 4.74 Å². The zero-order chi connectivity index (χ0) is 8.04. The van der Waals surface area contributed by atoms with E-state index in [1.54, 1.807) is 13.8 Å². The predicted molar refractivity (Wildman–Crippen MR) is 35.1 cm³/mol. The van der Waals surface area contributed by atoms with Gasteiger partial charge in [-0.1, -0.05) is 6.92 Å². The van der Waals surface area contributed by atoms with Gasteiger partial charge in [-0.15, -0.1) is 0 Å². The minimum Gasteiger partial charge on any atom is -0.320 e. The molecule has 2 nitrogen and oxygen atoms in total. The molecule has 0 aliphatic carbocycles. The molecule has 0 aromatic rings. The number of hydrogen-bond acceptors (Lipinski definition) is 2. The van der Waals surface area contributed by atoms with Gasteiger partial charge in [0.2, 0.25) is 0 Å². The highest BCUT2D eigenvalue weighted by molar-refractivity contribution is 4.55. The van der Waals surface area contributed by atoms with E-state index in [2.05, 4.69) is 10.1 Å². The number of hydrogen-bond donors (Lipinski definition) is 1. The third kappa shape index (κ3) is 4.64. The van der Waals surface area contributed by atoms with Crippen molar-refractivity contribution in [2.45, 2.75) is 20.0 Å². The Hall–Kier alpha value is -0.220. The van der Waals surface area contributed by atoms with E-state index in [0.29, 0.717) is 6.54 Å². The van der Waals surface area contributed by atoms with Crippen LogP contribution in [0.1, 0.15) is 13.8 Å². The SMILES string of the molecule is CCNCC(F)(F)OCC. The fourth-order valence-corrected chi connectivity index (χ4v) is 0.533. The van der Waals surface area contributed by atoms with Gasteiger partial charge in [0.25, 0.3) is 0 Å². The molecule has 0 aliphatic rings. The Morgan fingerprint density at radius 3 is 2.40 bits per heavy atom. The number of nitrogens with one attached hydrogen (secondary N) is 1. The van der Waals surface area contributed by atoms with Gasteiger partial charge in [0.1, 0.15) is 0 Å². The van der Waals surface area contributed by atoms with Gasteiger partial charge in [-0.3, -0.25) is 0 Å². The Morgan fingerprint density at radius 1 is 1.40 bits per heavy atom. The number of halogens is 2. The maximum atomic E-state index is 12.3. The molecular weight excluding hydrogens is 140 g/mol. The fourth-order valence-electron chi connectivity index (χ4n) is 0.533. The topological polar surface area (TPSA) is 21.3 Å². The zero-order valence-electron chi connectivity index (χ0n) is 6.29. The van der Waals surface area contributed by atoms with Crippen LogP contribution in [0.5, 0.6) is 0 Å². The molecule has 0 aromatic heterocycles. The Labute approximate surface area is 59.6 Å². The average molecular weight is 153 g/mol. The molecule has 1 N–H and O–H groups in total. The van der Waals surface area contributed by atoms with E-state index >= 15 is 0 Å². The van der Waals surface area contributed by atoms with Crippen LogP contribution in [-0.4, -0.2) is 25.8 Å². The zero-order valence-corrected chi connectivity index (χ0v) is 6.29. The van der Waals surface area contributed by atoms with Gasteiger partial charge >= 0.3 is 6.11 Å². The molecule has 10 heavy (non-hydrogen) atoms. The van der Waals surface area contributed by atoms with Crippen LogP contribution < -0.4 is 5.32 Å². The summed E-state index contributed by atoms with van der Waals surface area (Å²) in [4.78, 5) is 0. The minimum atomic E-state index is -3.01. The smallest absolute Gasteiger partial charge is 0.320 e. The molecule has 0 radical (unpaired) electrons. The number of rotatable bonds is 5. The maximum Gasteiger partial charge on any atom is 0.368 e. The van der Waals surface area contributed by atoms with Crippen molar-refractivity contribution in [3.8, 4) is 0 Å². The summed E-state index contributed by atoms with van der Waals surface area (Å²) in [6.45, 7) is 3.47. The highest BCUT2D eigenvalue weighted by atomic mass is 19.3. The lowest BCUT2D eigenvalue weighted by molar-refractivity contribution is -0.230. The molecule has 0 aliphatic heterocycles. The second-order valence-corrected chi connectivity index (χ2v) is 1.85. The lowest BCUT2D eigenvalue weighted by Crippen LogP contribution is -2.35. The highest BCUT2D eigenvalue weighted by Crippen LogP contribution is 2.12. The van der Waals surface area contributed by atoms with Crippen LogP contribution in [0.4, 0.5) is 8.78 Å². The van der Waals surface area contributed by atoms with E-state index in [9.17, 15) is 8.78 Å². The van der Waals surface area contributed by atoms with Crippen LogP contribution in [0.25, 0.3) is 0 Å². The summed E-state index contributed by atoms with van der Waals surface area (Å²) < 4.78 is 28.8. The molecule has 0 bridgehead atoms. The van der Waals surface area contributed by atoms with Gasteiger partial charge in [0, 0.05) is 0 Å². The lowest BCUT2D eigenvalue weighted by Gasteiger charge is -2.15. The van der Waals surface area contributed by atoms with Gasteiger partial charge in [-0.05, 0) is 13.5 Å². The minimum absolute atomic E-state index is 0.0401. The van der Waals surface area contributed by atoms with E-state index in [1.807, 2.05) is 0 Å². The van der Waals surface area contributed by atoms with Gasteiger partial charge in [0.15, 0.2) is 0 Å². The van der Waals surface area contributed by atoms with Gasteiger partial charge < -0.3 is 10.1 Å². The summed E-state index contributed by atoms with van der Waals surface area (Å²) in [7, 11) is 0. The molecule has 62 valence electrons. The highest BCUT2D eigenvalue weighted by Gasteiger charge is 2.27. The molecular formula is C6H13F2NO. The lowest BCUT2D eigenvalue weighted by atomic mass is 10.5. The second-order valence-electron chi connectivity index (χ2n) is 1.85. The van der Waals surface area contributed by atoms with Crippen LogP contribution >= 0.6 is 0 Å². The van der Waals surface area contributed by atoms with Crippen molar-refractivity contribution in [3.05, 3.63) is 0 Å². The van der Waals surface area contributed by atoms with E-state index in [1.165, 1.54) is 0 Å². The van der Waals surface area contributed by atoms with Crippen LogP contribution in [0, 0.1) is 0 Å². The molecule has 0 saturated carbocycles. The summed E-state index contributed by atoms with van der Waals surface area (Å²) in [5.41, 5.74) is 0. The van der Waals surface area contributed by atoms with Gasteiger partial charge in [-0.25, -0.2) is 0 Å². The van der Waals surface area contributed by atoms with E-state index in [4.69, 9.17) is 0 Å². The molecule has 0 rings (SSSR count). The van der Waals surface area contributed by atoms with Crippen LogP contribution in [0.15, 0.2) is 0 Å². The third-order valence-electron chi connectivity index (χ3n) is 0.936. The number of alkyl halides is 2. The molecule has 0 saturated heterocycles. The van der Waals surface area contributed by atoms with Crippen LogP contribution in [0.2, 0.25) is 0 Å². The summed E-state index contributed by atoms with van der Waals surface area (Å²) in [5.74, 6) is 0. The normalized spacial score (nSPS) is 12.0. The van der Waals surface area contributed by atoms with Crippen molar-refractivity contribution in [2.24, 2.45) is 0 Å². The predicted octanol–water partition coefficient (Wildman–Crippen LogP) is 1.23. The Kier molecular flexibility index (Phi) is 4.47. The molecule has 0 heterocycles. The van der Waals surface area contributed by atoms with E-state index < -0.39 is 12.7 Å². The summed E-state index contributed by atoms with van der Waals surface area (Å²) >= 11 is 0. The van der Waals surface area contributed by atoms with Gasteiger partial charge in [0.05, 0.1) is 13.2 Å². The first-order valence-electron chi connectivity index (χ1n) is 3.35. The first-order valence-corrected chi connectivity index (χ1v) is 3.35. The van der Waals surface area contributed by atoms with Crippen molar-refractivity contribution in [2.75, 3.05) is 19.7 Å². The molecule has 0 unspecified atom stereocenters. The molecule has 0 amide bonds. The Bertz CT molecular complexity index is 87.8. The van der Waals surface area contributed by atoms with E-state index in [0.717, 1.165) is 0 Å². The number of likely N-dealkylation sites (N-methyl/N-ethyl adjacent to an activating group) is 1. The Morgan fingerprint density at radius 2 is 2.00 bits per heavy atom. The average Bonchev–Trinajstić information content (AvgIpc) is 1.84. The van der Waals surface area contributed by atoms with Crippen molar-refractivity contribution in [3.63, 3.8) is 0 Å². The van der Waals surface area contributed by atoms with Crippen molar-refractivity contribution in [1.82, 2.24) is 5.32 Å². The fraction of sp³-hybridized carbons (Fsp3) is 1.00. The van der Waals surface area contributed by atoms with E-state index in [-0.39, 0.29) is 6.61 Å². The second kappa shape index (κ2) is 4.57. The molecule has 0 fully saturated rings. The van der Waals surface area contributed by atoms with Crippen molar-refractivity contribution >= 4 is 0 Å². The first kappa shape index (κ1) is 9.78. The third-order valence-corrected chi connectivity index (χ3v) is 0.936. The monoisotopic (exact) mass is 153 g/mol. The molecule has 0 aromatic carbocycles. The number of ether oxygens (including phenoxy) is 1. The standard InChI is InChI=1S/C6H13F2NO/c1-3-9-5-6(7,8)10-4-2/h9H,3-5H2,1-2H3. The van der Waals surface area contributed by atoms with Crippen molar-refractivity contribution < 1.29 is 13.5 Å². The van der Waals surface area contributed by atoms with Crippen LogP contribution in [0.3, 0.4) is 0 Å². The summed E-state index contributed by atoms with van der Waals surface area (Å²) in [6, 6.07) is 0.